The molecule has 0 bridgehead atoms. The second-order valence-electron chi connectivity index (χ2n) is 3.44. The SMILES string of the molecule is Cc1[nH]cnc1CNCc1nncn1C. The molecule has 0 aromatic carbocycles. The molecule has 6 heteroatoms. The Morgan fingerprint density at radius 1 is 1.47 bits per heavy atom. The number of nitrogens with zero attached hydrogens (tertiary/aromatic N) is 4. The van der Waals surface area contributed by atoms with E-state index in [2.05, 4.69) is 25.5 Å². The Labute approximate surface area is 87.8 Å². The van der Waals surface area contributed by atoms with Crippen LogP contribution in [0, 0.1) is 6.92 Å². The van der Waals surface area contributed by atoms with E-state index in [1.165, 1.54) is 0 Å². The number of H-pyrrole nitrogens is 1. The molecule has 0 spiro atoms. The van der Waals surface area contributed by atoms with Gasteiger partial charge in [0.15, 0.2) is 0 Å². The Morgan fingerprint density at radius 3 is 2.93 bits per heavy atom. The molecule has 15 heavy (non-hydrogen) atoms. The molecule has 2 rings (SSSR count). The zero-order valence-corrected chi connectivity index (χ0v) is 8.86. The minimum atomic E-state index is 0.697. The van der Waals surface area contributed by atoms with Crippen molar-refractivity contribution in [1.82, 2.24) is 30.0 Å². The average Bonchev–Trinajstić information content (AvgIpc) is 2.78. The van der Waals surface area contributed by atoms with E-state index in [-0.39, 0.29) is 0 Å². The van der Waals surface area contributed by atoms with Gasteiger partial charge in [0.25, 0.3) is 0 Å². The third-order valence-corrected chi connectivity index (χ3v) is 2.32. The molecule has 2 heterocycles. The third-order valence-electron chi connectivity index (χ3n) is 2.32. The summed E-state index contributed by atoms with van der Waals surface area (Å²) >= 11 is 0. The lowest BCUT2D eigenvalue weighted by atomic mass is 10.3. The highest BCUT2D eigenvalue weighted by molar-refractivity contribution is 5.08. The number of aromatic amines is 1. The van der Waals surface area contributed by atoms with Crippen molar-refractivity contribution in [1.29, 1.82) is 0 Å². The van der Waals surface area contributed by atoms with Gasteiger partial charge < -0.3 is 14.9 Å². The summed E-state index contributed by atoms with van der Waals surface area (Å²) in [7, 11) is 1.93. The van der Waals surface area contributed by atoms with Crippen molar-refractivity contribution in [2.24, 2.45) is 7.05 Å². The van der Waals surface area contributed by atoms with Crippen molar-refractivity contribution >= 4 is 0 Å². The van der Waals surface area contributed by atoms with Crippen LogP contribution >= 0.6 is 0 Å². The largest absolute Gasteiger partial charge is 0.348 e. The zero-order chi connectivity index (χ0) is 10.7. The lowest BCUT2D eigenvalue weighted by Crippen LogP contribution is -2.16. The molecule has 0 fully saturated rings. The average molecular weight is 206 g/mol. The Balaban J connectivity index is 1.86. The molecular formula is C9H14N6. The van der Waals surface area contributed by atoms with Crippen LogP contribution in [-0.4, -0.2) is 24.7 Å². The van der Waals surface area contributed by atoms with E-state index < -0.39 is 0 Å². The van der Waals surface area contributed by atoms with Crippen molar-refractivity contribution in [2.75, 3.05) is 0 Å². The maximum Gasteiger partial charge on any atom is 0.146 e. The Bertz CT molecular complexity index is 389. The number of hydrogen-bond donors (Lipinski definition) is 2. The van der Waals surface area contributed by atoms with Crippen LogP contribution in [0.2, 0.25) is 0 Å². The van der Waals surface area contributed by atoms with Gasteiger partial charge in [-0.2, -0.15) is 0 Å². The number of imidazole rings is 1. The quantitative estimate of drug-likeness (QED) is 0.746. The minimum absolute atomic E-state index is 0.697. The highest BCUT2D eigenvalue weighted by Crippen LogP contribution is 1.99. The molecule has 0 saturated heterocycles. The molecule has 0 unspecified atom stereocenters. The van der Waals surface area contributed by atoms with Gasteiger partial charge in [0.05, 0.1) is 18.6 Å². The Morgan fingerprint density at radius 2 is 2.33 bits per heavy atom. The first kappa shape index (κ1) is 9.85. The number of hydrogen-bond acceptors (Lipinski definition) is 4. The molecule has 0 aliphatic heterocycles. The van der Waals surface area contributed by atoms with E-state index in [0.29, 0.717) is 6.54 Å². The van der Waals surface area contributed by atoms with Crippen LogP contribution in [0.15, 0.2) is 12.7 Å². The number of aryl methyl sites for hydroxylation is 2. The van der Waals surface area contributed by atoms with Crippen LogP contribution in [0.4, 0.5) is 0 Å². The molecule has 6 nitrogen and oxygen atoms in total. The molecule has 0 atom stereocenters. The van der Waals surface area contributed by atoms with Gasteiger partial charge in [-0.3, -0.25) is 0 Å². The van der Waals surface area contributed by atoms with Crippen LogP contribution < -0.4 is 5.32 Å². The van der Waals surface area contributed by atoms with Gasteiger partial charge in [0, 0.05) is 19.3 Å². The molecule has 80 valence electrons. The topological polar surface area (TPSA) is 71.4 Å². The third kappa shape index (κ3) is 2.21. The van der Waals surface area contributed by atoms with Gasteiger partial charge >= 0.3 is 0 Å². The van der Waals surface area contributed by atoms with Crippen molar-refractivity contribution in [3.05, 3.63) is 29.9 Å². The first-order chi connectivity index (χ1) is 7.27. The van der Waals surface area contributed by atoms with Gasteiger partial charge in [0.1, 0.15) is 12.2 Å². The van der Waals surface area contributed by atoms with E-state index in [4.69, 9.17) is 0 Å². The summed E-state index contributed by atoms with van der Waals surface area (Å²) in [6, 6.07) is 0. The first-order valence-electron chi connectivity index (χ1n) is 4.80. The number of rotatable bonds is 4. The summed E-state index contributed by atoms with van der Waals surface area (Å²) in [5.74, 6) is 0.920. The van der Waals surface area contributed by atoms with Crippen molar-refractivity contribution < 1.29 is 0 Å². The summed E-state index contributed by atoms with van der Waals surface area (Å²) in [5, 5.41) is 11.1. The van der Waals surface area contributed by atoms with Gasteiger partial charge in [0.2, 0.25) is 0 Å². The smallest absolute Gasteiger partial charge is 0.146 e. The Hall–Kier alpha value is -1.69. The van der Waals surface area contributed by atoms with E-state index in [9.17, 15) is 0 Å². The summed E-state index contributed by atoms with van der Waals surface area (Å²) < 4.78 is 1.89. The molecule has 0 saturated carbocycles. The first-order valence-corrected chi connectivity index (χ1v) is 4.80. The molecule has 0 aliphatic carbocycles. The van der Waals surface area contributed by atoms with E-state index in [1.54, 1.807) is 12.7 Å². The van der Waals surface area contributed by atoms with Gasteiger partial charge in [-0.1, -0.05) is 0 Å². The molecule has 2 N–H and O–H groups in total. The normalized spacial score (nSPS) is 10.8. The minimum Gasteiger partial charge on any atom is -0.348 e. The van der Waals surface area contributed by atoms with E-state index in [0.717, 1.165) is 23.8 Å². The predicted octanol–water partition coefficient (Wildman–Crippen LogP) is 0.136. The fraction of sp³-hybridized carbons (Fsp3) is 0.444. The number of nitrogens with one attached hydrogen (secondary N) is 2. The fourth-order valence-electron chi connectivity index (χ4n) is 1.33. The second-order valence-corrected chi connectivity index (χ2v) is 3.44. The van der Waals surface area contributed by atoms with Crippen LogP contribution in [0.5, 0.6) is 0 Å². The molecular weight excluding hydrogens is 192 g/mol. The van der Waals surface area contributed by atoms with Gasteiger partial charge in [-0.25, -0.2) is 4.98 Å². The highest BCUT2D eigenvalue weighted by atomic mass is 15.3. The van der Waals surface area contributed by atoms with Crippen LogP contribution in [0.25, 0.3) is 0 Å². The standard InChI is InChI=1S/C9H14N6/c1-7-8(12-5-11-7)3-10-4-9-14-13-6-15(9)2/h5-6,10H,3-4H2,1-2H3,(H,11,12). The lowest BCUT2D eigenvalue weighted by Gasteiger charge is -2.02. The molecule has 0 amide bonds. The molecule has 0 radical (unpaired) electrons. The lowest BCUT2D eigenvalue weighted by molar-refractivity contribution is 0.628. The summed E-state index contributed by atoms with van der Waals surface area (Å²) in [6.07, 6.45) is 3.39. The molecule has 0 aliphatic rings. The number of aromatic nitrogens is 5. The Kier molecular flexibility index (Phi) is 2.77. The van der Waals surface area contributed by atoms with Crippen LogP contribution in [0.1, 0.15) is 17.2 Å². The highest BCUT2D eigenvalue weighted by Gasteiger charge is 2.02. The summed E-state index contributed by atoms with van der Waals surface area (Å²) in [5.41, 5.74) is 2.14. The zero-order valence-electron chi connectivity index (χ0n) is 8.86. The monoisotopic (exact) mass is 206 g/mol. The van der Waals surface area contributed by atoms with Crippen molar-refractivity contribution in [3.63, 3.8) is 0 Å². The van der Waals surface area contributed by atoms with Crippen LogP contribution in [-0.2, 0) is 20.1 Å². The van der Waals surface area contributed by atoms with Crippen molar-refractivity contribution in [3.8, 4) is 0 Å². The van der Waals surface area contributed by atoms with Crippen molar-refractivity contribution in [2.45, 2.75) is 20.0 Å². The van der Waals surface area contributed by atoms with E-state index >= 15 is 0 Å². The molecule has 2 aromatic rings. The molecule has 2 aromatic heterocycles. The van der Waals surface area contributed by atoms with Crippen LogP contribution in [0.3, 0.4) is 0 Å². The maximum absolute atomic E-state index is 4.20. The van der Waals surface area contributed by atoms with Gasteiger partial charge in [-0.15, -0.1) is 10.2 Å². The predicted molar refractivity (Wildman–Crippen MR) is 54.9 cm³/mol. The van der Waals surface area contributed by atoms with Gasteiger partial charge in [-0.05, 0) is 6.92 Å². The van der Waals surface area contributed by atoms with E-state index in [1.807, 2.05) is 18.5 Å². The second kappa shape index (κ2) is 4.22. The fourth-order valence-corrected chi connectivity index (χ4v) is 1.33. The summed E-state index contributed by atoms with van der Waals surface area (Å²) in [6.45, 7) is 3.44. The summed E-state index contributed by atoms with van der Waals surface area (Å²) in [4.78, 5) is 7.24. The maximum atomic E-state index is 4.20.